The normalized spacial score (nSPS) is 11.4. The van der Waals surface area contributed by atoms with Crippen LogP contribution in [0.1, 0.15) is 17.1 Å². The van der Waals surface area contributed by atoms with E-state index in [0.717, 1.165) is 50.6 Å². The minimum atomic E-state index is 0.762. The lowest BCUT2D eigenvalue weighted by Crippen LogP contribution is -1.95. The predicted octanol–water partition coefficient (Wildman–Crippen LogP) is 4.63. The first-order valence-electron chi connectivity index (χ1n) is 8.62. The van der Waals surface area contributed by atoms with Gasteiger partial charge in [-0.2, -0.15) is 0 Å². The molecule has 0 radical (unpaired) electrons. The fraction of sp³-hybridized carbons (Fsp3) is 0.0909. The molecule has 0 N–H and O–H groups in total. The highest BCUT2D eigenvalue weighted by atomic mass is 14.9. The third kappa shape index (κ3) is 2.56. The molecule has 0 aliphatic heterocycles. The lowest BCUT2D eigenvalue weighted by molar-refractivity contribution is 1.08. The summed E-state index contributed by atoms with van der Waals surface area (Å²) < 4.78 is 0. The number of aromatic nitrogens is 4. The number of hydrogen-bond donors (Lipinski definition) is 0. The average Bonchev–Trinajstić information content (AvgIpc) is 2.67. The van der Waals surface area contributed by atoms with Crippen LogP contribution in [0.5, 0.6) is 0 Å². The van der Waals surface area contributed by atoms with Crippen LogP contribution < -0.4 is 0 Å². The molecule has 0 bridgehead atoms. The molecule has 5 rings (SSSR count). The molecule has 3 heterocycles. The summed E-state index contributed by atoms with van der Waals surface area (Å²) in [6.07, 6.45) is 4.45. The van der Waals surface area contributed by atoms with Gasteiger partial charge in [0.1, 0.15) is 5.82 Å². The van der Waals surface area contributed by atoms with Crippen LogP contribution in [0.2, 0.25) is 0 Å². The minimum Gasteiger partial charge on any atom is -0.254 e. The Morgan fingerprint density at radius 3 is 2.50 bits per heavy atom. The van der Waals surface area contributed by atoms with Crippen molar-refractivity contribution in [3.8, 4) is 0 Å². The molecule has 3 aromatic heterocycles. The fourth-order valence-corrected chi connectivity index (χ4v) is 3.34. The molecular formula is C22H16N4. The minimum absolute atomic E-state index is 0.762. The van der Waals surface area contributed by atoms with Crippen LogP contribution >= 0.6 is 0 Å². The van der Waals surface area contributed by atoms with Crippen molar-refractivity contribution in [2.45, 2.75) is 13.3 Å². The molecule has 0 saturated heterocycles. The van der Waals surface area contributed by atoms with E-state index in [2.05, 4.69) is 63.5 Å². The number of nitrogens with zero attached hydrogens (tertiary/aromatic N) is 4. The predicted molar refractivity (Wildman–Crippen MR) is 104 cm³/mol. The molecule has 4 nitrogen and oxygen atoms in total. The Bertz CT molecular complexity index is 1280. The molecule has 124 valence electrons. The van der Waals surface area contributed by atoms with Gasteiger partial charge in [0.2, 0.25) is 0 Å². The summed E-state index contributed by atoms with van der Waals surface area (Å²) in [6.45, 7) is 1.91. The first kappa shape index (κ1) is 14.9. The van der Waals surface area contributed by atoms with Gasteiger partial charge in [-0.3, -0.25) is 9.97 Å². The molecule has 4 heteroatoms. The SMILES string of the molecule is Cc1ncc2ccc(Cc3ccc4ccc5cccnc5c4n3)cc2n1. The molecule has 0 aliphatic carbocycles. The van der Waals surface area contributed by atoms with Gasteiger partial charge >= 0.3 is 0 Å². The molecule has 0 atom stereocenters. The fourth-order valence-electron chi connectivity index (χ4n) is 3.34. The van der Waals surface area contributed by atoms with Crippen molar-refractivity contribution in [3.05, 3.63) is 84.1 Å². The maximum atomic E-state index is 4.90. The zero-order valence-electron chi connectivity index (χ0n) is 14.3. The van der Waals surface area contributed by atoms with E-state index in [1.54, 1.807) is 0 Å². The van der Waals surface area contributed by atoms with Crippen molar-refractivity contribution in [2.75, 3.05) is 0 Å². The Morgan fingerprint density at radius 2 is 1.58 bits per heavy atom. The van der Waals surface area contributed by atoms with Gasteiger partial charge in [-0.15, -0.1) is 0 Å². The van der Waals surface area contributed by atoms with Crippen molar-refractivity contribution in [3.63, 3.8) is 0 Å². The Morgan fingerprint density at radius 1 is 0.769 bits per heavy atom. The molecular weight excluding hydrogens is 320 g/mol. The Kier molecular flexibility index (Phi) is 3.35. The summed E-state index contributed by atoms with van der Waals surface area (Å²) in [5.41, 5.74) is 5.10. The number of hydrogen-bond acceptors (Lipinski definition) is 4. The van der Waals surface area contributed by atoms with Gasteiger partial charge in [0.25, 0.3) is 0 Å². The second-order valence-electron chi connectivity index (χ2n) is 6.50. The van der Waals surface area contributed by atoms with Crippen LogP contribution in [0.4, 0.5) is 0 Å². The molecule has 2 aromatic carbocycles. The quantitative estimate of drug-likeness (QED) is 0.441. The van der Waals surface area contributed by atoms with E-state index in [0.29, 0.717) is 0 Å². The molecule has 0 unspecified atom stereocenters. The van der Waals surface area contributed by atoms with Gasteiger partial charge < -0.3 is 0 Å². The zero-order chi connectivity index (χ0) is 17.5. The number of benzene rings is 2. The van der Waals surface area contributed by atoms with Gasteiger partial charge in [0, 0.05) is 40.7 Å². The third-order valence-corrected chi connectivity index (χ3v) is 4.64. The summed E-state index contributed by atoms with van der Waals surface area (Å²) in [6, 6.07) is 18.8. The number of rotatable bonds is 2. The Labute approximate surface area is 150 Å². The van der Waals surface area contributed by atoms with Gasteiger partial charge in [-0.05, 0) is 30.7 Å². The summed E-state index contributed by atoms with van der Waals surface area (Å²) in [5, 5.41) is 3.28. The highest BCUT2D eigenvalue weighted by Gasteiger charge is 2.06. The molecule has 5 aromatic rings. The van der Waals surface area contributed by atoms with Gasteiger partial charge in [-0.1, -0.05) is 36.4 Å². The van der Waals surface area contributed by atoms with Gasteiger partial charge in [0.15, 0.2) is 0 Å². The zero-order valence-corrected chi connectivity index (χ0v) is 14.3. The van der Waals surface area contributed by atoms with E-state index >= 15 is 0 Å². The largest absolute Gasteiger partial charge is 0.254 e. The van der Waals surface area contributed by atoms with E-state index < -0.39 is 0 Å². The molecule has 0 spiro atoms. The summed E-state index contributed by atoms with van der Waals surface area (Å²) >= 11 is 0. The van der Waals surface area contributed by atoms with Gasteiger partial charge in [-0.25, -0.2) is 9.97 Å². The topological polar surface area (TPSA) is 51.6 Å². The molecule has 0 saturated carbocycles. The van der Waals surface area contributed by atoms with E-state index in [4.69, 9.17) is 4.98 Å². The van der Waals surface area contributed by atoms with E-state index in [-0.39, 0.29) is 0 Å². The van der Waals surface area contributed by atoms with Crippen LogP contribution in [0, 0.1) is 6.92 Å². The second kappa shape index (κ2) is 5.85. The molecule has 0 aliphatic rings. The second-order valence-corrected chi connectivity index (χ2v) is 6.50. The maximum Gasteiger partial charge on any atom is 0.125 e. The van der Waals surface area contributed by atoms with Gasteiger partial charge in [0.05, 0.1) is 16.6 Å². The summed E-state index contributed by atoms with van der Waals surface area (Å²) in [4.78, 5) is 18.2. The first-order valence-corrected chi connectivity index (χ1v) is 8.62. The van der Waals surface area contributed by atoms with Crippen LogP contribution in [-0.2, 0) is 6.42 Å². The van der Waals surface area contributed by atoms with Crippen molar-refractivity contribution >= 4 is 32.7 Å². The lowest BCUT2D eigenvalue weighted by Gasteiger charge is -2.07. The molecule has 0 fully saturated rings. The molecule has 26 heavy (non-hydrogen) atoms. The monoisotopic (exact) mass is 336 g/mol. The Balaban J connectivity index is 1.59. The van der Waals surface area contributed by atoms with Crippen molar-refractivity contribution < 1.29 is 0 Å². The van der Waals surface area contributed by atoms with Crippen molar-refractivity contribution in [1.29, 1.82) is 0 Å². The van der Waals surface area contributed by atoms with Crippen molar-refractivity contribution in [1.82, 2.24) is 19.9 Å². The van der Waals surface area contributed by atoms with E-state index in [1.165, 1.54) is 5.56 Å². The first-order chi connectivity index (χ1) is 12.8. The number of aryl methyl sites for hydroxylation is 1. The number of pyridine rings is 2. The molecule has 0 amide bonds. The standard InChI is InChI=1S/C22H16N4/c1-14-24-13-18-5-4-15(12-20(18)25-14)11-19-9-8-17-7-6-16-3-2-10-23-21(16)22(17)26-19/h2-10,12-13H,11H2,1H3. The average molecular weight is 336 g/mol. The lowest BCUT2D eigenvalue weighted by atomic mass is 10.1. The van der Waals surface area contributed by atoms with Crippen LogP contribution in [-0.4, -0.2) is 19.9 Å². The Hall–Kier alpha value is -3.40. The highest BCUT2D eigenvalue weighted by Crippen LogP contribution is 2.23. The summed E-state index contributed by atoms with van der Waals surface area (Å²) in [7, 11) is 0. The van der Waals surface area contributed by atoms with Crippen LogP contribution in [0.15, 0.2) is 67.0 Å². The van der Waals surface area contributed by atoms with Crippen molar-refractivity contribution in [2.24, 2.45) is 0 Å². The highest BCUT2D eigenvalue weighted by molar-refractivity contribution is 6.02. The van der Waals surface area contributed by atoms with E-state index in [9.17, 15) is 0 Å². The van der Waals surface area contributed by atoms with Crippen LogP contribution in [0.3, 0.4) is 0 Å². The third-order valence-electron chi connectivity index (χ3n) is 4.64. The smallest absolute Gasteiger partial charge is 0.125 e. The maximum absolute atomic E-state index is 4.90. The summed E-state index contributed by atoms with van der Waals surface area (Å²) in [5.74, 6) is 0.788. The number of fused-ring (bicyclic) bond motifs is 4. The van der Waals surface area contributed by atoms with Crippen LogP contribution in [0.25, 0.3) is 32.7 Å². The van der Waals surface area contributed by atoms with E-state index in [1.807, 2.05) is 25.4 Å².